The van der Waals surface area contributed by atoms with E-state index in [9.17, 15) is 10.4 Å². The summed E-state index contributed by atoms with van der Waals surface area (Å²) in [6.07, 6.45) is 1.63. The quantitative estimate of drug-likeness (QED) is 0.471. The third-order valence-corrected chi connectivity index (χ3v) is 5.83. The Kier molecular flexibility index (Phi) is 5.46. The first-order valence-electron chi connectivity index (χ1n) is 9.42. The van der Waals surface area contributed by atoms with Crippen molar-refractivity contribution in [2.75, 3.05) is 0 Å². The zero-order chi connectivity index (χ0) is 21.0. The van der Waals surface area contributed by atoms with Gasteiger partial charge in [-0.25, -0.2) is 0 Å². The molecule has 1 aromatic heterocycles. The molecule has 4 rings (SSSR count). The molecule has 0 aliphatic carbocycles. The largest absolute Gasteiger partial charge is 0.369 e. The number of rotatable bonds is 3. The van der Waals surface area contributed by atoms with Gasteiger partial charge in [0.05, 0.1) is 22.0 Å². The van der Waals surface area contributed by atoms with E-state index in [2.05, 4.69) is 22.9 Å². The monoisotopic (exact) mass is 406 g/mol. The van der Waals surface area contributed by atoms with Gasteiger partial charge in [-0.3, -0.25) is 4.98 Å². The number of aliphatic hydroxyl groups is 1. The molecule has 1 unspecified atom stereocenters. The molecule has 0 amide bonds. The molecule has 3 nitrogen and oxygen atoms in total. The van der Waals surface area contributed by atoms with Crippen LogP contribution >= 0.6 is 11.3 Å². The van der Waals surface area contributed by atoms with Gasteiger partial charge in [0, 0.05) is 22.9 Å². The molecule has 0 aliphatic heterocycles. The molecule has 0 radical (unpaired) electrons. The normalized spacial score (nSPS) is 12.3. The summed E-state index contributed by atoms with van der Waals surface area (Å²) in [4.78, 5) is 4.77. The van der Waals surface area contributed by atoms with E-state index in [0.29, 0.717) is 16.0 Å². The van der Waals surface area contributed by atoms with Crippen LogP contribution in [0.2, 0.25) is 0 Å². The van der Waals surface area contributed by atoms with Crippen LogP contribution in [0.4, 0.5) is 0 Å². The highest BCUT2D eigenvalue weighted by Crippen LogP contribution is 2.36. The Morgan fingerprint density at radius 3 is 2.43 bits per heavy atom. The van der Waals surface area contributed by atoms with Gasteiger partial charge in [-0.15, -0.1) is 11.3 Å². The third kappa shape index (κ3) is 3.75. The van der Waals surface area contributed by atoms with Crippen LogP contribution in [0.15, 0.2) is 84.5 Å². The maximum absolute atomic E-state index is 11.7. The Morgan fingerprint density at radius 2 is 1.73 bits per heavy atom. The van der Waals surface area contributed by atoms with Crippen LogP contribution in [0.1, 0.15) is 27.1 Å². The Balaban J connectivity index is 1.91. The van der Waals surface area contributed by atoms with Crippen molar-refractivity contribution in [3.05, 3.63) is 112 Å². The van der Waals surface area contributed by atoms with E-state index in [1.807, 2.05) is 67.6 Å². The fraction of sp³-hybridized carbons (Fsp3) is 0.0769. The average molecular weight is 407 g/mol. The van der Waals surface area contributed by atoms with Crippen LogP contribution < -0.4 is 0 Å². The first kappa shape index (κ1) is 19.6. The summed E-state index contributed by atoms with van der Waals surface area (Å²) in [6.45, 7) is 2.01. The smallest absolute Gasteiger partial charge is 0.188 e. The fourth-order valence-corrected chi connectivity index (χ4v) is 4.02. The van der Waals surface area contributed by atoms with E-state index in [0.717, 1.165) is 22.3 Å². The second-order valence-corrected chi connectivity index (χ2v) is 7.77. The maximum atomic E-state index is 11.7. The minimum absolute atomic E-state index is 0.552. The lowest BCUT2D eigenvalue weighted by molar-refractivity contribution is 0.149. The summed E-state index contributed by atoms with van der Waals surface area (Å²) in [6, 6.07) is 25.1. The Labute approximate surface area is 179 Å². The molecule has 144 valence electrons. The number of hydrogen-bond acceptors (Lipinski definition) is 4. The van der Waals surface area contributed by atoms with Crippen molar-refractivity contribution in [2.45, 2.75) is 12.5 Å². The van der Waals surface area contributed by atoms with Gasteiger partial charge in [0.15, 0.2) is 5.60 Å². The Bertz CT molecular complexity index is 1280. The van der Waals surface area contributed by atoms with Crippen molar-refractivity contribution in [3.8, 4) is 29.0 Å². The molecule has 4 aromatic rings. The number of aromatic nitrogens is 1. The van der Waals surface area contributed by atoms with Gasteiger partial charge in [-0.05, 0) is 42.3 Å². The summed E-state index contributed by atoms with van der Waals surface area (Å²) in [7, 11) is 0. The standard InChI is InChI=1S/C26H18N2OS/c1-19-7-5-6-10-23(19)24-15-22(12-11-21(24)16-27)26(29,25-17-28-18-30-25)14-13-20-8-3-2-4-9-20/h2-12,15,17-18,29H,1H3. The first-order chi connectivity index (χ1) is 14.6. The minimum atomic E-state index is -1.54. The van der Waals surface area contributed by atoms with Crippen molar-refractivity contribution in [3.63, 3.8) is 0 Å². The summed E-state index contributed by atoms with van der Waals surface area (Å²) in [5.41, 5.74) is 4.90. The summed E-state index contributed by atoms with van der Waals surface area (Å²) >= 11 is 1.35. The third-order valence-electron chi connectivity index (χ3n) is 4.94. The molecule has 0 fully saturated rings. The van der Waals surface area contributed by atoms with Crippen LogP contribution in [-0.2, 0) is 5.60 Å². The molecule has 0 bridgehead atoms. The highest BCUT2D eigenvalue weighted by atomic mass is 32.1. The zero-order valence-corrected chi connectivity index (χ0v) is 17.1. The van der Waals surface area contributed by atoms with Crippen molar-refractivity contribution < 1.29 is 5.11 Å². The number of nitrogens with zero attached hydrogens (tertiary/aromatic N) is 2. The van der Waals surface area contributed by atoms with Crippen molar-refractivity contribution in [2.24, 2.45) is 0 Å². The molecular weight excluding hydrogens is 388 g/mol. The molecule has 30 heavy (non-hydrogen) atoms. The van der Waals surface area contributed by atoms with Gasteiger partial charge in [0.2, 0.25) is 0 Å². The number of thiazole rings is 1. The van der Waals surface area contributed by atoms with Crippen molar-refractivity contribution in [1.82, 2.24) is 4.98 Å². The molecule has 0 spiro atoms. The van der Waals surface area contributed by atoms with E-state index in [1.165, 1.54) is 11.3 Å². The van der Waals surface area contributed by atoms with E-state index in [1.54, 1.807) is 23.8 Å². The summed E-state index contributed by atoms with van der Waals surface area (Å²) in [5, 5.41) is 21.4. The second kappa shape index (κ2) is 8.35. The number of benzene rings is 3. The first-order valence-corrected chi connectivity index (χ1v) is 10.3. The summed E-state index contributed by atoms with van der Waals surface area (Å²) < 4.78 is 0. The van der Waals surface area contributed by atoms with Crippen molar-refractivity contribution in [1.29, 1.82) is 5.26 Å². The van der Waals surface area contributed by atoms with Gasteiger partial charge in [-0.2, -0.15) is 5.26 Å². The molecule has 0 saturated heterocycles. The van der Waals surface area contributed by atoms with E-state index < -0.39 is 5.60 Å². The lowest BCUT2D eigenvalue weighted by atomic mass is 9.87. The molecule has 1 N–H and O–H groups in total. The lowest BCUT2D eigenvalue weighted by Crippen LogP contribution is -2.24. The lowest BCUT2D eigenvalue weighted by Gasteiger charge is -2.22. The van der Waals surface area contributed by atoms with Crippen molar-refractivity contribution >= 4 is 11.3 Å². The predicted octanol–water partition coefficient (Wildman–Crippen LogP) is 5.28. The van der Waals surface area contributed by atoms with E-state index >= 15 is 0 Å². The molecule has 0 saturated carbocycles. The van der Waals surface area contributed by atoms with Gasteiger partial charge in [0.1, 0.15) is 0 Å². The molecule has 4 heteroatoms. The summed E-state index contributed by atoms with van der Waals surface area (Å²) in [5.74, 6) is 6.14. The molecule has 1 heterocycles. The van der Waals surface area contributed by atoms with Crippen LogP contribution in [0.3, 0.4) is 0 Å². The molecule has 3 aromatic carbocycles. The predicted molar refractivity (Wildman–Crippen MR) is 120 cm³/mol. The van der Waals surface area contributed by atoms with Crippen LogP contribution in [-0.4, -0.2) is 10.1 Å². The average Bonchev–Trinajstić information content (AvgIpc) is 3.34. The van der Waals surface area contributed by atoms with Gasteiger partial charge >= 0.3 is 0 Å². The van der Waals surface area contributed by atoms with Crippen LogP contribution in [0.25, 0.3) is 11.1 Å². The van der Waals surface area contributed by atoms with Crippen LogP contribution in [0.5, 0.6) is 0 Å². The molecule has 0 aliphatic rings. The maximum Gasteiger partial charge on any atom is 0.188 e. The van der Waals surface area contributed by atoms with Gasteiger partial charge in [0.25, 0.3) is 0 Å². The van der Waals surface area contributed by atoms with Crippen LogP contribution in [0, 0.1) is 30.1 Å². The number of hydrogen-bond donors (Lipinski definition) is 1. The topological polar surface area (TPSA) is 56.9 Å². The fourth-order valence-electron chi connectivity index (χ4n) is 3.32. The highest BCUT2D eigenvalue weighted by molar-refractivity contribution is 7.09. The van der Waals surface area contributed by atoms with Gasteiger partial charge < -0.3 is 5.11 Å². The second-order valence-electron chi connectivity index (χ2n) is 6.88. The van der Waals surface area contributed by atoms with E-state index in [4.69, 9.17) is 0 Å². The zero-order valence-electron chi connectivity index (χ0n) is 16.3. The number of aryl methyl sites for hydroxylation is 1. The molecule has 1 atom stereocenters. The van der Waals surface area contributed by atoms with E-state index in [-0.39, 0.29) is 0 Å². The minimum Gasteiger partial charge on any atom is -0.369 e. The SMILES string of the molecule is Cc1ccccc1-c1cc(C(O)(C#Cc2ccccc2)c2cncs2)ccc1C#N. The van der Waals surface area contributed by atoms with Gasteiger partial charge in [-0.1, -0.05) is 60.4 Å². The number of nitriles is 1. The highest BCUT2D eigenvalue weighted by Gasteiger charge is 2.32. The Hall–Kier alpha value is -3.70. The molecular formula is C26H18N2OS. The Morgan fingerprint density at radius 1 is 0.967 bits per heavy atom.